The van der Waals surface area contributed by atoms with Crippen LogP contribution in [-0.4, -0.2) is 77.7 Å². The molecule has 7 nitrogen and oxygen atoms in total. The molecule has 8 heteroatoms. The number of likely N-dealkylation sites (tertiary alicyclic amines) is 1. The molecule has 1 aromatic carbocycles. The maximum absolute atomic E-state index is 12.6. The fourth-order valence-corrected chi connectivity index (χ4v) is 4.51. The number of rotatable bonds is 4. The van der Waals surface area contributed by atoms with Crippen LogP contribution in [0.15, 0.2) is 29.6 Å². The molecule has 0 radical (unpaired) electrons. The van der Waals surface area contributed by atoms with E-state index >= 15 is 0 Å². The first-order valence-electron chi connectivity index (χ1n) is 9.44. The van der Waals surface area contributed by atoms with Gasteiger partial charge in [-0.2, -0.15) is 0 Å². The number of piperazine rings is 1. The van der Waals surface area contributed by atoms with E-state index in [0.29, 0.717) is 11.7 Å². The number of aromatic nitrogens is 2. The molecule has 1 amide bonds. The fraction of sp³-hybridized carbons (Fsp3) is 0.526. The minimum Gasteiger partial charge on any atom is -0.495 e. The van der Waals surface area contributed by atoms with Gasteiger partial charge in [-0.05, 0) is 36.5 Å². The largest absolute Gasteiger partial charge is 0.495 e. The summed E-state index contributed by atoms with van der Waals surface area (Å²) in [6.45, 7) is 5.55. The number of hydrogen-bond acceptors (Lipinski definition) is 7. The molecule has 1 atom stereocenters. The van der Waals surface area contributed by atoms with Crippen LogP contribution in [0.2, 0.25) is 0 Å². The van der Waals surface area contributed by atoms with E-state index in [2.05, 4.69) is 31.5 Å². The van der Waals surface area contributed by atoms with E-state index in [4.69, 9.17) is 4.74 Å². The number of amides is 1. The van der Waals surface area contributed by atoms with Crippen molar-refractivity contribution in [1.82, 2.24) is 19.4 Å². The quantitative estimate of drug-likeness (QED) is 0.799. The molecule has 0 N–H and O–H groups in total. The molecular weight excluding hydrogens is 362 g/mol. The fourth-order valence-electron chi connectivity index (χ4n) is 4.08. The average Bonchev–Trinajstić information content (AvgIpc) is 3.28. The first-order chi connectivity index (χ1) is 13.3. The van der Waals surface area contributed by atoms with E-state index in [1.807, 2.05) is 17.0 Å². The summed E-state index contributed by atoms with van der Waals surface area (Å²) in [5.74, 6) is 0.943. The Kier molecular flexibility index (Phi) is 5.54. The van der Waals surface area contributed by atoms with E-state index < -0.39 is 0 Å². The first kappa shape index (κ1) is 18.2. The van der Waals surface area contributed by atoms with E-state index in [1.165, 1.54) is 11.5 Å². The van der Waals surface area contributed by atoms with Crippen molar-refractivity contribution in [1.29, 1.82) is 0 Å². The van der Waals surface area contributed by atoms with Gasteiger partial charge in [0.2, 0.25) is 0 Å². The molecule has 2 aliphatic heterocycles. The maximum Gasteiger partial charge on any atom is 0.275 e. The van der Waals surface area contributed by atoms with Crippen molar-refractivity contribution < 1.29 is 9.53 Å². The Labute approximate surface area is 163 Å². The molecule has 0 aliphatic carbocycles. The molecule has 0 bridgehead atoms. The van der Waals surface area contributed by atoms with Gasteiger partial charge in [-0.3, -0.25) is 9.69 Å². The molecular formula is C19H25N5O2S. The van der Waals surface area contributed by atoms with E-state index in [9.17, 15) is 4.79 Å². The highest BCUT2D eigenvalue weighted by Crippen LogP contribution is 2.29. The summed E-state index contributed by atoms with van der Waals surface area (Å²) in [7, 11) is 1.72. The first-order valence-corrected chi connectivity index (χ1v) is 10.3. The van der Waals surface area contributed by atoms with Crippen LogP contribution >= 0.6 is 11.5 Å². The standard InChI is InChI=1S/C19H25N5O2S/c1-26-18-7-3-2-6-17(18)23-11-9-22(10-12-23)15-5-4-8-24(13-15)19(25)16-14-27-21-20-16/h2-3,6-7,14-15H,4-5,8-13H2,1H3. The molecule has 4 rings (SSSR count). The number of nitrogens with zero attached hydrogens (tertiary/aromatic N) is 5. The molecule has 1 aromatic heterocycles. The van der Waals surface area contributed by atoms with Gasteiger partial charge >= 0.3 is 0 Å². The molecule has 2 fully saturated rings. The Bertz CT molecular complexity index is 761. The normalized spacial score (nSPS) is 21.3. The second-order valence-corrected chi connectivity index (χ2v) is 7.64. The van der Waals surface area contributed by atoms with Crippen molar-refractivity contribution in [2.24, 2.45) is 0 Å². The summed E-state index contributed by atoms with van der Waals surface area (Å²) in [5, 5.41) is 5.67. The molecule has 3 heterocycles. The third-order valence-corrected chi connectivity index (χ3v) is 6.02. The minimum atomic E-state index is 0.0149. The molecule has 144 valence electrons. The lowest BCUT2D eigenvalue weighted by Crippen LogP contribution is -2.56. The van der Waals surface area contributed by atoms with E-state index in [-0.39, 0.29) is 5.91 Å². The van der Waals surface area contributed by atoms with Gasteiger partial charge in [0.25, 0.3) is 5.91 Å². The Balaban J connectivity index is 1.36. The Hall–Kier alpha value is -2.19. The summed E-state index contributed by atoms with van der Waals surface area (Å²) >= 11 is 1.23. The lowest BCUT2D eigenvalue weighted by Gasteiger charge is -2.44. The second-order valence-electron chi connectivity index (χ2n) is 7.03. The molecule has 27 heavy (non-hydrogen) atoms. The number of carbonyl (C=O) groups is 1. The van der Waals surface area contributed by atoms with Gasteiger partial charge in [0, 0.05) is 50.7 Å². The van der Waals surface area contributed by atoms with Gasteiger partial charge < -0.3 is 14.5 Å². The van der Waals surface area contributed by atoms with Crippen LogP contribution in [0, 0.1) is 0 Å². The van der Waals surface area contributed by atoms with Crippen LogP contribution in [0.3, 0.4) is 0 Å². The highest BCUT2D eigenvalue weighted by Gasteiger charge is 2.31. The van der Waals surface area contributed by atoms with Gasteiger partial charge in [0.15, 0.2) is 5.69 Å². The molecule has 2 aliphatic rings. The van der Waals surface area contributed by atoms with Gasteiger partial charge in [-0.1, -0.05) is 16.6 Å². The monoisotopic (exact) mass is 387 g/mol. The van der Waals surface area contributed by atoms with Crippen molar-refractivity contribution in [3.05, 3.63) is 35.3 Å². The number of ether oxygens (including phenoxy) is 1. The smallest absolute Gasteiger partial charge is 0.275 e. The van der Waals surface area contributed by atoms with Crippen LogP contribution in [0.25, 0.3) is 0 Å². The number of benzene rings is 1. The lowest BCUT2D eigenvalue weighted by molar-refractivity contribution is 0.0558. The van der Waals surface area contributed by atoms with Crippen LogP contribution in [-0.2, 0) is 0 Å². The third-order valence-electron chi connectivity index (χ3n) is 5.52. The number of para-hydroxylation sites is 2. The minimum absolute atomic E-state index is 0.0149. The topological polar surface area (TPSA) is 61.8 Å². The summed E-state index contributed by atoms with van der Waals surface area (Å²) < 4.78 is 9.32. The maximum atomic E-state index is 12.6. The zero-order valence-electron chi connectivity index (χ0n) is 15.6. The molecule has 2 aromatic rings. The molecule has 0 spiro atoms. The second kappa shape index (κ2) is 8.22. The van der Waals surface area contributed by atoms with Gasteiger partial charge in [0.05, 0.1) is 12.8 Å². The molecule has 1 unspecified atom stereocenters. The highest BCUT2D eigenvalue weighted by atomic mass is 32.1. The van der Waals surface area contributed by atoms with Gasteiger partial charge in [0.1, 0.15) is 5.75 Å². The predicted octanol–water partition coefficient (Wildman–Crippen LogP) is 1.97. The SMILES string of the molecule is COc1ccccc1N1CCN(C2CCCN(C(=O)c3csnn3)C2)CC1. The van der Waals surface area contributed by atoms with Crippen LogP contribution < -0.4 is 9.64 Å². The summed E-state index contributed by atoms with van der Waals surface area (Å²) in [5.41, 5.74) is 1.64. The van der Waals surface area contributed by atoms with Crippen molar-refractivity contribution in [2.45, 2.75) is 18.9 Å². The summed E-state index contributed by atoms with van der Waals surface area (Å²) in [4.78, 5) is 19.5. The summed E-state index contributed by atoms with van der Waals surface area (Å²) in [6, 6.07) is 8.62. The number of methoxy groups -OCH3 is 1. The molecule has 0 saturated carbocycles. The highest BCUT2D eigenvalue weighted by molar-refractivity contribution is 7.03. The molecule has 2 saturated heterocycles. The number of hydrogen-bond donors (Lipinski definition) is 0. The number of carbonyl (C=O) groups excluding carboxylic acids is 1. The van der Waals surface area contributed by atoms with Crippen LogP contribution in [0.4, 0.5) is 5.69 Å². The Morgan fingerprint density at radius 3 is 2.74 bits per heavy atom. The van der Waals surface area contributed by atoms with Crippen LogP contribution in [0.5, 0.6) is 5.75 Å². The third kappa shape index (κ3) is 3.91. The van der Waals surface area contributed by atoms with Crippen LogP contribution in [0.1, 0.15) is 23.3 Å². The van der Waals surface area contributed by atoms with E-state index in [1.54, 1.807) is 12.5 Å². The summed E-state index contributed by atoms with van der Waals surface area (Å²) in [6.07, 6.45) is 2.19. The van der Waals surface area contributed by atoms with Gasteiger partial charge in [-0.25, -0.2) is 0 Å². The van der Waals surface area contributed by atoms with Crippen molar-refractivity contribution >= 4 is 23.1 Å². The van der Waals surface area contributed by atoms with Crippen molar-refractivity contribution in [3.63, 3.8) is 0 Å². The van der Waals surface area contributed by atoms with Crippen molar-refractivity contribution in [2.75, 3.05) is 51.3 Å². The Morgan fingerprint density at radius 2 is 2.00 bits per heavy atom. The Morgan fingerprint density at radius 1 is 1.19 bits per heavy atom. The zero-order chi connectivity index (χ0) is 18.6. The average molecular weight is 388 g/mol. The predicted molar refractivity (Wildman–Crippen MR) is 106 cm³/mol. The number of piperidine rings is 1. The lowest BCUT2D eigenvalue weighted by atomic mass is 10.0. The van der Waals surface area contributed by atoms with E-state index in [0.717, 1.165) is 63.5 Å². The van der Waals surface area contributed by atoms with Crippen molar-refractivity contribution in [3.8, 4) is 5.75 Å². The van der Waals surface area contributed by atoms with Gasteiger partial charge in [-0.15, -0.1) is 5.10 Å². The zero-order valence-corrected chi connectivity index (χ0v) is 16.4. The number of anilines is 1.